The molecule has 0 unspecified atom stereocenters. The second-order valence-corrected chi connectivity index (χ2v) is 6.61. The fraction of sp³-hybridized carbons (Fsp3) is 0.143. The topological polar surface area (TPSA) is 78.2 Å². The Bertz CT molecular complexity index is 1040. The standard InChI is InChI=1S/C21H17N3O3/c25-13-8-9-19(26)15(11-13)17-12-18-14-5-1-2-7-20(14)27-21(24(18)23-17)16-6-3-4-10-22-16/h1-11,18,21,25-26H,12H2/t18-,21+/m0/s1. The van der Waals surface area contributed by atoms with Gasteiger partial charge in [-0.25, -0.2) is 5.01 Å². The quantitative estimate of drug-likeness (QED) is 0.682. The number of hydrogen-bond acceptors (Lipinski definition) is 6. The van der Waals surface area contributed by atoms with Crippen molar-refractivity contribution in [3.63, 3.8) is 0 Å². The Morgan fingerprint density at radius 1 is 1.00 bits per heavy atom. The maximum atomic E-state index is 10.3. The minimum absolute atomic E-state index is 0.0290. The van der Waals surface area contributed by atoms with E-state index in [4.69, 9.17) is 9.84 Å². The molecule has 0 spiro atoms. The largest absolute Gasteiger partial charge is 0.508 e. The highest BCUT2D eigenvalue weighted by Crippen LogP contribution is 2.47. The molecule has 3 aromatic rings. The first-order chi connectivity index (χ1) is 13.2. The van der Waals surface area contributed by atoms with Gasteiger partial charge in [-0.1, -0.05) is 24.3 Å². The molecular formula is C21H17N3O3. The zero-order valence-electron chi connectivity index (χ0n) is 14.4. The van der Waals surface area contributed by atoms with Crippen LogP contribution in [0.25, 0.3) is 0 Å². The highest BCUT2D eigenvalue weighted by Gasteiger charge is 2.41. The summed E-state index contributed by atoms with van der Waals surface area (Å²) in [6.07, 6.45) is 1.87. The van der Waals surface area contributed by atoms with Crippen molar-refractivity contribution >= 4 is 5.71 Å². The first-order valence-electron chi connectivity index (χ1n) is 8.75. The van der Waals surface area contributed by atoms with Crippen LogP contribution < -0.4 is 4.74 Å². The Morgan fingerprint density at radius 2 is 1.85 bits per heavy atom. The number of aromatic nitrogens is 1. The van der Waals surface area contributed by atoms with E-state index < -0.39 is 6.23 Å². The van der Waals surface area contributed by atoms with Gasteiger partial charge in [0.15, 0.2) is 0 Å². The Hall–Kier alpha value is -3.54. The molecule has 2 aliphatic heterocycles. The van der Waals surface area contributed by atoms with Gasteiger partial charge in [0, 0.05) is 23.7 Å². The molecule has 6 nitrogen and oxygen atoms in total. The van der Waals surface area contributed by atoms with Gasteiger partial charge in [-0.2, -0.15) is 5.10 Å². The lowest BCUT2D eigenvalue weighted by molar-refractivity contribution is -0.0218. The van der Waals surface area contributed by atoms with Crippen molar-refractivity contribution < 1.29 is 14.9 Å². The third-order valence-corrected chi connectivity index (χ3v) is 4.93. The summed E-state index contributed by atoms with van der Waals surface area (Å²) in [6.45, 7) is 0. The van der Waals surface area contributed by atoms with Gasteiger partial charge in [0.05, 0.1) is 11.8 Å². The number of fused-ring (bicyclic) bond motifs is 3. The molecule has 2 N–H and O–H groups in total. The van der Waals surface area contributed by atoms with Crippen LogP contribution in [0.4, 0.5) is 0 Å². The first kappa shape index (κ1) is 15.7. The van der Waals surface area contributed by atoms with Crippen molar-refractivity contribution in [1.82, 2.24) is 9.99 Å². The van der Waals surface area contributed by atoms with E-state index in [1.54, 1.807) is 6.20 Å². The molecule has 0 amide bonds. The molecule has 2 atom stereocenters. The van der Waals surface area contributed by atoms with Gasteiger partial charge >= 0.3 is 0 Å². The van der Waals surface area contributed by atoms with Crippen molar-refractivity contribution in [2.45, 2.75) is 18.7 Å². The molecule has 0 saturated heterocycles. The van der Waals surface area contributed by atoms with Crippen LogP contribution >= 0.6 is 0 Å². The van der Waals surface area contributed by atoms with Gasteiger partial charge in [-0.05, 0) is 36.4 Å². The van der Waals surface area contributed by atoms with Gasteiger partial charge in [0.2, 0.25) is 6.23 Å². The van der Waals surface area contributed by atoms with Gasteiger partial charge in [0.1, 0.15) is 22.9 Å². The van der Waals surface area contributed by atoms with E-state index in [1.807, 2.05) is 47.5 Å². The SMILES string of the molecule is Oc1ccc(O)c(C2=NN3[C@@H](c4ccccn4)Oc4ccccc4[C@@H]3C2)c1. The molecule has 0 aliphatic carbocycles. The van der Waals surface area contributed by atoms with Crippen molar-refractivity contribution in [2.24, 2.45) is 5.10 Å². The van der Waals surface area contributed by atoms with E-state index in [0.29, 0.717) is 17.7 Å². The fourth-order valence-corrected chi connectivity index (χ4v) is 3.67. The summed E-state index contributed by atoms with van der Waals surface area (Å²) >= 11 is 0. The van der Waals surface area contributed by atoms with E-state index in [1.165, 1.54) is 18.2 Å². The van der Waals surface area contributed by atoms with E-state index >= 15 is 0 Å². The Balaban J connectivity index is 1.62. The number of phenolic OH excluding ortho intramolecular Hbond substituents is 2. The number of hydrazone groups is 1. The number of para-hydroxylation sites is 1. The summed E-state index contributed by atoms with van der Waals surface area (Å²) < 4.78 is 6.21. The number of benzene rings is 2. The number of nitrogens with zero attached hydrogens (tertiary/aromatic N) is 3. The lowest BCUT2D eigenvalue weighted by Crippen LogP contribution is -2.34. The van der Waals surface area contributed by atoms with Gasteiger partial charge in [-0.15, -0.1) is 0 Å². The predicted molar refractivity (Wildman–Crippen MR) is 99.6 cm³/mol. The molecule has 3 heterocycles. The number of phenols is 2. The lowest BCUT2D eigenvalue weighted by atomic mass is 9.96. The zero-order valence-corrected chi connectivity index (χ0v) is 14.4. The normalized spacial score (nSPS) is 20.4. The average molecular weight is 359 g/mol. The molecule has 0 radical (unpaired) electrons. The van der Waals surface area contributed by atoms with E-state index in [-0.39, 0.29) is 17.5 Å². The molecule has 5 rings (SSSR count). The van der Waals surface area contributed by atoms with E-state index in [2.05, 4.69) is 4.98 Å². The smallest absolute Gasteiger partial charge is 0.230 e. The summed E-state index contributed by atoms with van der Waals surface area (Å²) in [7, 11) is 0. The van der Waals surface area contributed by atoms with Crippen LogP contribution in [0.2, 0.25) is 0 Å². The number of hydrogen-bond donors (Lipinski definition) is 2. The molecule has 134 valence electrons. The van der Waals surface area contributed by atoms with Crippen LogP contribution in [0.5, 0.6) is 17.2 Å². The first-order valence-corrected chi connectivity index (χ1v) is 8.75. The number of aromatic hydroxyl groups is 2. The second-order valence-electron chi connectivity index (χ2n) is 6.61. The molecule has 0 fully saturated rings. The molecule has 6 heteroatoms. The Kier molecular flexibility index (Phi) is 3.50. The van der Waals surface area contributed by atoms with E-state index in [0.717, 1.165) is 17.0 Å². The van der Waals surface area contributed by atoms with Crippen molar-refractivity contribution in [2.75, 3.05) is 0 Å². The van der Waals surface area contributed by atoms with Crippen molar-refractivity contribution in [3.8, 4) is 17.2 Å². The Morgan fingerprint density at radius 3 is 2.70 bits per heavy atom. The minimum Gasteiger partial charge on any atom is -0.508 e. The summed E-state index contributed by atoms with van der Waals surface area (Å²) in [5, 5.41) is 26.7. The molecule has 27 heavy (non-hydrogen) atoms. The van der Waals surface area contributed by atoms with Gasteiger partial charge < -0.3 is 14.9 Å². The lowest BCUT2D eigenvalue weighted by Gasteiger charge is -2.37. The molecule has 2 aromatic carbocycles. The number of rotatable bonds is 2. The van der Waals surface area contributed by atoms with E-state index in [9.17, 15) is 10.2 Å². The molecular weight excluding hydrogens is 342 g/mol. The summed E-state index contributed by atoms with van der Waals surface area (Å²) in [4.78, 5) is 4.44. The molecule has 0 bridgehead atoms. The summed E-state index contributed by atoms with van der Waals surface area (Å²) in [6, 6.07) is 18.0. The fourth-order valence-electron chi connectivity index (χ4n) is 3.67. The Labute approximate surface area is 156 Å². The predicted octanol–water partition coefficient (Wildman–Crippen LogP) is 3.74. The maximum absolute atomic E-state index is 10.3. The zero-order chi connectivity index (χ0) is 18.4. The van der Waals surface area contributed by atoms with Crippen LogP contribution in [-0.2, 0) is 0 Å². The maximum Gasteiger partial charge on any atom is 0.230 e. The minimum atomic E-state index is -0.456. The highest BCUT2D eigenvalue weighted by atomic mass is 16.5. The van der Waals surface area contributed by atoms with Crippen molar-refractivity contribution in [3.05, 3.63) is 83.7 Å². The van der Waals surface area contributed by atoms with Crippen LogP contribution in [0.3, 0.4) is 0 Å². The monoisotopic (exact) mass is 359 g/mol. The third-order valence-electron chi connectivity index (χ3n) is 4.93. The van der Waals surface area contributed by atoms with Crippen LogP contribution in [0.1, 0.15) is 35.5 Å². The molecule has 0 saturated carbocycles. The second kappa shape index (κ2) is 6.02. The van der Waals surface area contributed by atoms with Crippen LogP contribution in [0, 0.1) is 0 Å². The van der Waals surface area contributed by atoms with Gasteiger partial charge in [-0.3, -0.25) is 4.98 Å². The molecule has 1 aromatic heterocycles. The van der Waals surface area contributed by atoms with Crippen molar-refractivity contribution in [1.29, 1.82) is 0 Å². The average Bonchev–Trinajstić information content (AvgIpc) is 3.15. The summed E-state index contributed by atoms with van der Waals surface area (Å²) in [5.74, 6) is 0.995. The molecule has 2 aliphatic rings. The number of pyridine rings is 1. The highest BCUT2D eigenvalue weighted by molar-refractivity contribution is 6.04. The third kappa shape index (κ3) is 2.57. The van der Waals surface area contributed by atoms with Crippen LogP contribution in [0.15, 0.2) is 72.0 Å². The number of ether oxygens (including phenoxy) is 1. The van der Waals surface area contributed by atoms with Gasteiger partial charge in [0.25, 0.3) is 0 Å². The summed E-state index contributed by atoms with van der Waals surface area (Å²) in [5.41, 5.74) is 3.04. The van der Waals surface area contributed by atoms with Crippen LogP contribution in [-0.4, -0.2) is 25.9 Å².